The summed E-state index contributed by atoms with van der Waals surface area (Å²) >= 11 is 0. The van der Waals surface area contributed by atoms with Gasteiger partial charge in [-0.25, -0.2) is 0 Å². The van der Waals surface area contributed by atoms with Gasteiger partial charge in [0.15, 0.2) is 0 Å². The predicted molar refractivity (Wildman–Crippen MR) is 77.7 cm³/mol. The van der Waals surface area contributed by atoms with Crippen molar-refractivity contribution in [1.82, 2.24) is 0 Å². The van der Waals surface area contributed by atoms with Gasteiger partial charge in [0, 0.05) is 6.10 Å². The van der Waals surface area contributed by atoms with Crippen LogP contribution in [0.15, 0.2) is 0 Å². The van der Waals surface area contributed by atoms with E-state index in [9.17, 15) is 0 Å². The molecule has 101 valence electrons. The third kappa shape index (κ3) is 5.13. The van der Waals surface area contributed by atoms with Crippen LogP contribution in [0.25, 0.3) is 0 Å². The van der Waals surface area contributed by atoms with E-state index in [1.54, 1.807) is 0 Å². The molecule has 1 saturated carbocycles. The molecule has 0 aromatic heterocycles. The van der Waals surface area contributed by atoms with Crippen LogP contribution < -0.4 is 0 Å². The van der Waals surface area contributed by atoms with Crippen molar-refractivity contribution in [2.24, 2.45) is 5.41 Å². The van der Waals surface area contributed by atoms with Gasteiger partial charge in [-0.2, -0.15) is 0 Å². The molecule has 17 heavy (non-hydrogen) atoms. The van der Waals surface area contributed by atoms with Crippen LogP contribution in [0.4, 0.5) is 0 Å². The van der Waals surface area contributed by atoms with E-state index in [1.807, 2.05) is 0 Å². The lowest BCUT2D eigenvalue weighted by Crippen LogP contribution is -2.36. The van der Waals surface area contributed by atoms with Gasteiger partial charge < -0.3 is 4.43 Å². The molecule has 1 aliphatic rings. The summed E-state index contributed by atoms with van der Waals surface area (Å²) in [7, 11) is -0.660. The van der Waals surface area contributed by atoms with Crippen molar-refractivity contribution in [2.75, 3.05) is 0 Å². The quantitative estimate of drug-likeness (QED) is 0.629. The Morgan fingerprint density at radius 1 is 1.18 bits per heavy atom. The molecule has 0 aromatic rings. The van der Waals surface area contributed by atoms with E-state index >= 15 is 0 Å². The van der Waals surface area contributed by atoms with Gasteiger partial charge in [0.2, 0.25) is 9.04 Å². The molecule has 0 amide bonds. The molecular formula is C15H31OSi. The van der Waals surface area contributed by atoms with Gasteiger partial charge in [0.05, 0.1) is 0 Å². The molecule has 1 unspecified atom stereocenters. The minimum absolute atomic E-state index is 0.384. The van der Waals surface area contributed by atoms with Crippen molar-refractivity contribution in [2.45, 2.75) is 90.8 Å². The molecular weight excluding hydrogens is 224 g/mol. The summed E-state index contributed by atoms with van der Waals surface area (Å²) in [5.74, 6) is 0. The molecule has 0 N–H and O–H groups in total. The summed E-state index contributed by atoms with van der Waals surface area (Å²) in [4.78, 5) is 0. The van der Waals surface area contributed by atoms with E-state index in [-0.39, 0.29) is 0 Å². The fourth-order valence-electron chi connectivity index (χ4n) is 3.03. The monoisotopic (exact) mass is 255 g/mol. The number of hydrogen-bond donors (Lipinski definition) is 0. The molecule has 0 aliphatic heterocycles. The molecule has 0 heterocycles. The Balaban J connectivity index is 2.44. The predicted octanol–water partition coefficient (Wildman–Crippen LogP) is 5.17. The second-order valence-electron chi connectivity index (χ2n) is 7.37. The SMILES string of the molecule is CC(CC(C)(C)C)O[Si](C)C1(C)CCCCC1. The van der Waals surface area contributed by atoms with Crippen molar-refractivity contribution >= 4 is 9.04 Å². The van der Waals surface area contributed by atoms with Crippen LogP contribution in [0.2, 0.25) is 11.6 Å². The van der Waals surface area contributed by atoms with Crippen LogP contribution in [0, 0.1) is 5.41 Å². The minimum atomic E-state index is -0.660. The van der Waals surface area contributed by atoms with Crippen molar-refractivity contribution < 1.29 is 4.43 Å². The van der Waals surface area contributed by atoms with Crippen molar-refractivity contribution in [3.05, 3.63) is 0 Å². The highest BCUT2D eigenvalue weighted by Crippen LogP contribution is 2.45. The number of hydrogen-bond acceptors (Lipinski definition) is 1. The topological polar surface area (TPSA) is 9.23 Å². The van der Waals surface area contributed by atoms with Crippen molar-refractivity contribution in [3.8, 4) is 0 Å². The summed E-state index contributed by atoms with van der Waals surface area (Å²) in [6.07, 6.45) is 8.63. The second kappa shape index (κ2) is 5.88. The Labute approximate surface area is 110 Å². The lowest BCUT2D eigenvalue weighted by molar-refractivity contribution is 0.147. The standard InChI is InChI=1S/C15H31OSi/c1-13(12-14(2,3)4)16-17(6)15(5)10-8-7-9-11-15/h13H,7-12H2,1-6H3. The highest BCUT2D eigenvalue weighted by Gasteiger charge is 2.36. The largest absolute Gasteiger partial charge is 0.414 e. The van der Waals surface area contributed by atoms with Crippen LogP contribution in [0.3, 0.4) is 0 Å². The normalized spacial score (nSPS) is 22.8. The summed E-state index contributed by atoms with van der Waals surface area (Å²) in [6.45, 7) is 14.0. The molecule has 2 heteroatoms. The number of rotatable bonds is 4. The van der Waals surface area contributed by atoms with Crippen LogP contribution in [-0.2, 0) is 4.43 Å². The minimum Gasteiger partial charge on any atom is -0.414 e. The van der Waals surface area contributed by atoms with Crippen LogP contribution in [-0.4, -0.2) is 15.1 Å². The molecule has 0 bridgehead atoms. The first-order valence-corrected chi connectivity index (χ1v) is 9.14. The molecule has 0 aromatic carbocycles. The van der Waals surface area contributed by atoms with Gasteiger partial charge in [-0.1, -0.05) is 47.0 Å². The fourth-order valence-corrected chi connectivity index (χ4v) is 5.06. The molecule has 1 aliphatic carbocycles. The van der Waals surface area contributed by atoms with Gasteiger partial charge in [-0.3, -0.25) is 0 Å². The lowest BCUT2D eigenvalue weighted by Gasteiger charge is -2.39. The van der Waals surface area contributed by atoms with Gasteiger partial charge in [-0.15, -0.1) is 0 Å². The van der Waals surface area contributed by atoms with Gasteiger partial charge in [-0.05, 0) is 43.2 Å². The Kier molecular flexibility index (Phi) is 5.27. The Hall–Kier alpha value is 0.177. The Morgan fingerprint density at radius 2 is 1.71 bits per heavy atom. The van der Waals surface area contributed by atoms with E-state index in [0.29, 0.717) is 16.6 Å². The van der Waals surface area contributed by atoms with Gasteiger partial charge in [0.25, 0.3) is 0 Å². The zero-order valence-corrected chi connectivity index (χ0v) is 13.7. The zero-order chi connectivity index (χ0) is 13.1. The first-order chi connectivity index (χ1) is 7.73. The van der Waals surface area contributed by atoms with Gasteiger partial charge >= 0.3 is 0 Å². The molecule has 1 radical (unpaired) electrons. The summed E-state index contributed by atoms with van der Waals surface area (Å²) in [5.41, 5.74) is 0.384. The van der Waals surface area contributed by atoms with E-state index in [4.69, 9.17) is 4.43 Å². The Morgan fingerprint density at radius 3 is 2.18 bits per heavy atom. The lowest BCUT2D eigenvalue weighted by atomic mass is 9.90. The molecule has 1 fully saturated rings. The smallest absolute Gasteiger partial charge is 0.214 e. The first kappa shape index (κ1) is 15.2. The molecule has 1 nitrogen and oxygen atoms in total. The van der Waals surface area contributed by atoms with Crippen LogP contribution in [0.1, 0.15) is 73.1 Å². The van der Waals surface area contributed by atoms with Crippen molar-refractivity contribution in [1.29, 1.82) is 0 Å². The second-order valence-corrected chi connectivity index (χ2v) is 9.93. The zero-order valence-electron chi connectivity index (χ0n) is 12.7. The average Bonchev–Trinajstić information content (AvgIpc) is 2.15. The van der Waals surface area contributed by atoms with E-state index in [1.165, 1.54) is 38.5 Å². The highest BCUT2D eigenvalue weighted by atomic mass is 28.3. The third-order valence-corrected chi connectivity index (χ3v) is 7.04. The maximum absolute atomic E-state index is 6.37. The molecule has 1 atom stereocenters. The molecule has 0 spiro atoms. The first-order valence-electron chi connectivity index (χ1n) is 7.24. The molecule has 1 rings (SSSR count). The summed E-state index contributed by atoms with van der Waals surface area (Å²) in [6, 6.07) is 0. The van der Waals surface area contributed by atoms with E-state index in [2.05, 4.69) is 41.2 Å². The Bertz CT molecular complexity index is 226. The van der Waals surface area contributed by atoms with Crippen LogP contribution in [0.5, 0.6) is 0 Å². The maximum atomic E-state index is 6.37. The van der Waals surface area contributed by atoms with Crippen LogP contribution >= 0.6 is 0 Å². The average molecular weight is 255 g/mol. The van der Waals surface area contributed by atoms with E-state index in [0.717, 1.165) is 0 Å². The van der Waals surface area contributed by atoms with E-state index < -0.39 is 9.04 Å². The third-order valence-electron chi connectivity index (χ3n) is 4.08. The van der Waals surface area contributed by atoms with Crippen molar-refractivity contribution in [3.63, 3.8) is 0 Å². The fraction of sp³-hybridized carbons (Fsp3) is 1.00. The van der Waals surface area contributed by atoms with Gasteiger partial charge in [0.1, 0.15) is 0 Å². The maximum Gasteiger partial charge on any atom is 0.214 e. The summed E-state index contributed by atoms with van der Waals surface area (Å²) < 4.78 is 6.37. The molecule has 0 saturated heterocycles. The highest BCUT2D eigenvalue weighted by molar-refractivity contribution is 6.54. The summed E-state index contributed by atoms with van der Waals surface area (Å²) in [5, 5.41) is 0.523.